The first-order chi connectivity index (χ1) is 6.57. The minimum atomic E-state index is -0.144. The number of benzene rings is 1. The molecule has 0 aliphatic heterocycles. The lowest BCUT2D eigenvalue weighted by Gasteiger charge is -2.09. The molecular formula is C10H9Br3O. The van der Waals surface area contributed by atoms with Crippen molar-refractivity contribution in [2.24, 2.45) is 0 Å². The molecular weight excluding hydrogens is 376 g/mol. The molecule has 0 fully saturated rings. The Balaban J connectivity index is 3.20. The Morgan fingerprint density at radius 3 is 2.64 bits per heavy atom. The number of hydrogen-bond acceptors (Lipinski definition) is 1. The molecule has 76 valence electrons. The topological polar surface area (TPSA) is 17.1 Å². The summed E-state index contributed by atoms with van der Waals surface area (Å²) in [7, 11) is 0. The fourth-order valence-electron chi connectivity index (χ4n) is 1.14. The normalized spacial score (nSPS) is 12.6. The van der Waals surface area contributed by atoms with E-state index in [0.29, 0.717) is 5.33 Å². The standard InChI is InChI=1S/C10H9Br3O/c1-6(12)10(14)7-3-2-4-9(13)8(7)5-11/h2-4,6H,5H2,1H3. The van der Waals surface area contributed by atoms with E-state index in [0.717, 1.165) is 15.6 Å². The molecule has 0 amide bonds. The summed E-state index contributed by atoms with van der Waals surface area (Å²) in [5, 5.41) is 0.676. The molecule has 1 atom stereocenters. The van der Waals surface area contributed by atoms with Gasteiger partial charge in [-0.2, -0.15) is 0 Å². The lowest BCUT2D eigenvalue weighted by molar-refractivity contribution is 0.0995. The number of carbonyl (C=O) groups excluding carboxylic acids is 1. The summed E-state index contributed by atoms with van der Waals surface area (Å²) in [6.07, 6.45) is 0. The average molecular weight is 385 g/mol. The summed E-state index contributed by atoms with van der Waals surface area (Å²) in [6.45, 7) is 1.83. The zero-order chi connectivity index (χ0) is 10.7. The predicted octanol–water partition coefficient (Wildman–Crippen LogP) is 4.31. The maximum Gasteiger partial charge on any atom is 0.176 e. The number of rotatable bonds is 3. The van der Waals surface area contributed by atoms with E-state index in [1.54, 1.807) is 0 Å². The van der Waals surface area contributed by atoms with E-state index >= 15 is 0 Å². The molecule has 4 heteroatoms. The Morgan fingerprint density at radius 2 is 2.14 bits per heavy atom. The summed E-state index contributed by atoms with van der Waals surface area (Å²) in [4.78, 5) is 11.6. The van der Waals surface area contributed by atoms with Gasteiger partial charge in [0.05, 0.1) is 4.83 Å². The molecule has 1 nitrogen and oxygen atoms in total. The van der Waals surface area contributed by atoms with Crippen molar-refractivity contribution in [3.63, 3.8) is 0 Å². The Labute approximate surface area is 109 Å². The van der Waals surface area contributed by atoms with Crippen molar-refractivity contribution < 1.29 is 4.79 Å². The molecule has 14 heavy (non-hydrogen) atoms. The third-order valence-electron chi connectivity index (χ3n) is 1.88. The van der Waals surface area contributed by atoms with Crippen molar-refractivity contribution in [1.29, 1.82) is 0 Å². The van der Waals surface area contributed by atoms with Gasteiger partial charge in [-0.25, -0.2) is 0 Å². The van der Waals surface area contributed by atoms with E-state index in [1.165, 1.54) is 0 Å². The van der Waals surface area contributed by atoms with Crippen LogP contribution in [-0.4, -0.2) is 10.6 Å². The van der Waals surface area contributed by atoms with Crippen LogP contribution < -0.4 is 0 Å². The SMILES string of the molecule is CC(Br)C(=O)c1cccc(Br)c1CBr. The Hall–Kier alpha value is 0.330. The van der Waals surface area contributed by atoms with Crippen LogP contribution in [0.3, 0.4) is 0 Å². The molecule has 1 rings (SSSR count). The van der Waals surface area contributed by atoms with Gasteiger partial charge in [-0.1, -0.05) is 59.9 Å². The quantitative estimate of drug-likeness (QED) is 0.560. The van der Waals surface area contributed by atoms with Crippen LogP contribution in [0.25, 0.3) is 0 Å². The number of carbonyl (C=O) groups is 1. The molecule has 0 radical (unpaired) electrons. The zero-order valence-electron chi connectivity index (χ0n) is 7.56. The van der Waals surface area contributed by atoms with Crippen LogP contribution in [0, 0.1) is 0 Å². The second kappa shape index (κ2) is 5.42. The van der Waals surface area contributed by atoms with Crippen molar-refractivity contribution in [3.05, 3.63) is 33.8 Å². The van der Waals surface area contributed by atoms with E-state index in [9.17, 15) is 4.79 Å². The van der Waals surface area contributed by atoms with Crippen LogP contribution in [0.1, 0.15) is 22.8 Å². The minimum absolute atomic E-state index is 0.112. The summed E-state index contributed by atoms with van der Waals surface area (Å²) in [6, 6.07) is 5.66. The molecule has 1 aromatic carbocycles. The molecule has 1 unspecified atom stereocenters. The molecule has 0 saturated heterocycles. The Morgan fingerprint density at radius 1 is 1.50 bits per heavy atom. The van der Waals surface area contributed by atoms with Crippen molar-refractivity contribution in [2.45, 2.75) is 17.1 Å². The van der Waals surface area contributed by atoms with Gasteiger partial charge in [0, 0.05) is 15.4 Å². The van der Waals surface area contributed by atoms with Crippen LogP contribution in [-0.2, 0) is 5.33 Å². The highest BCUT2D eigenvalue weighted by molar-refractivity contribution is 9.11. The van der Waals surface area contributed by atoms with E-state index < -0.39 is 0 Å². The predicted molar refractivity (Wildman–Crippen MR) is 69.5 cm³/mol. The maximum absolute atomic E-state index is 11.8. The van der Waals surface area contributed by atoms with Gasteiger partial charge in [-0.3, -0.25) is 4.79 Å². The molecule has 0 aromatic heterocycles. The first-order valence-electron chi connectivity index (χ1n) is 4.09. The average Bonchev–Trinajstić information content (AvgIpc) is 2.16. The van der Waals surface area contributed by atoms with E-state index in [1.807, 2.05) is 25.1 Å². The summed E-state index contributed by atoms with van der Waals surface area (Å²) in [5.41, 5.74) is 1.77. The van der Waals surface area contributed by atoms with Gasteiger partial charge in [0.1, 0.15) is 0 Å². The summed E-state index contributed by atoms with van der Waals surface area (Å²) in [5.74, 6) is 0.112. The number of alkyl halides is 2. The number of halogens is 3. The highest BCUT2D eigenvalue weighted by Crippen LogP contribution is 2.25. The summed E-state index contributed by atoms with van der Waals surface area (Å²) < 4.78 is 0.966. The van der Waals surface area contributed by atoms with Crippen LogP contribution >= 0.6 is 47.8 Å². The van der Waals surface area contributed by atoms with Crippen molar-refractivity contribution >= 4 is 53.6 Å². The fraction of sp³-hybridized carbons (Fsp3) is 0.300. The summed E-state index contributed by atoms with van der Waals surface area (Å²) >= 11 is 10.1. The third kappa shape index (κ3) is 2.67. The van der Waals surface area contributed by atoms with Crippen LogP contribution in [0.15, 0.2) is 22.7 Å². The zero-order valence-corrected chi connectivity index (χ0v) is 12.3. The molecule has 0 bridgehead atoms. The van der Waals surface area contributed by atoms with Gasteiger partial charge < -0.3 is 0 Å². The highest BCUT2D eigenvalue weighted by atomic mass is 79.9. The Kier molecular flexibility index (Phi) is 4.80. The molecule has 0 N–H and O–H groups in total. The van der Waals surface area contributed by atoms with Crippen LogP contribution in [0.2, 0.25) is 0 Å². The van der Waals surface area contributed by atoms with Gasteiger partial charge in [0.25, 0.3) is 0 Å². The second-order valence-corrected chi connectivity index (χ2v) is 5.67. The van der Waals surface area contributed by atoms with E-state index in [-0.39, 0.29) is 10.6 Å². The molecule has 0 saturated carbocycles. The van der Waals surface area contributed by atoms with E-state index in [2.05, 4.69) is 47.8 Å². The largest absolute Gasteiger partial charge is 0.293 e. The number of hydrogen-bond donors (Lipinski definition) is 0. The smallest absolute Gasteiger partial charge is 0.176 e. The first-order valence-corrected chi connectivity index (χ1v) is 6.92. The van der Waals surface area contributed by atoms with Gasteiger partial charge in [0.15, 0.2) is 5.78 Å². The number of ketones is 1. The molecule has 0 spiro atoms. The van der Waals surface area contributed by atoms with Gasteiger partial charge in [0.2, 0.25) is 0 Å². The molecule has 0 heterocycles. The monoisotopic (exact) mass is 382 g/mol. The van der Waals surface area contributed by atoms with Gasteiger partial charge in [-0.05, 0) is 18.6 Å². The first kappa shape index (κ1) is 12.4. The Bertz CT molecular complexity index is 347. The number of Topliss-reactive ketones (excluding diaryl/α,β-unsaturated/α-hetero) is 1. The van der Waals surface area contributed by atoms with Crippen molar-refractivity contribution in [3.8, 4) is 0 Å². The van der Waals surface area contributed by atoms with Gasteiger partial charge in [-0.15, -0.1) is 0 Å². The van der Waals surface area contributed by atoms with Crippen LogP contribution in [0.5, 0.6) is 0 Å². The lowest BCUT2D eigenvalue weighted by Crippen LogP contribution is -2.12. The molecule has 0 aliphatic carbocycles. The van der Waals surface area contributed by atoms with Crippen LogP contribution in [0.4, 0.5) is 0 Å². The third-order valence-corrected chi connectivity index (χ3v) is 3.60. The minimum Gasteiger partial charge on any atom is -0.293 e. The van der Waals surface area contributed by atoms with Crippen molar-refractivity contribution in [1.82, 2.24) is 0 Å². The molecule has 1 aromatic rings. The van der Waals surface area contributed by atoms with E-state index in [4.69, 9.17) is 0 Å². The fourth-order valence-corrected chi connectivity index (χ4v) is 2.87. The molecule has 0 aliphatic rings. The second-order valence-electron chi connectivity index (χ2n) is 2.88. The lowest BCUT2D eigenvalue weighted by atomic mass is 10.0. The maximum atomic E-state index is 11.8. The van der Waals surface area contributed by atoms with Gasteiger partial charge >= 0.3 is 0 Å². The highest BCUT2D eigenvalue weighted by Gasteiger charge is 2.16. The van der Waals surface area contributed by atoms with Crippen molar-refractivity contribution in [2.75, 3.05) is 0 Å².